The largest absolute Gasteiger partial charge is 0.493 e. The average molecular weight is 719 g/mol. The van der Waals surface area contributed by atoms with Gasteiger partial charge < -0.3 is 18.9 Å². The number of halogens is 1. The van der Waals surface area contributed by atoms with Gasteiger partial charge in [0.1, 0.15) is 23.0 Å². The number of fused-ring (bicyclic) bond motifs is 8. The van der Waals surface area contributed by atoms with Crippen molar-refractivity contribution in [3.05, 3.63) is 115 Å². The van der Waals surface area contributed by atoms with Gasteiger partial charge in [-0.25, -0.2) is 0 Å². The van der Waals surface area contributed by atoms with E-state index >= 15 is 0 Å². The van der Waals surface area contributed by atoms with Gasteiger partial charge in [-0.15, -0.1) is 0 Å². The molecule has 0 saturated heterocycles. The lowest BCUT2D eigenvalue weighted by Crippen LogP contribution is -2.10. The molecule has 0 radical (unpaired) electrons. The fourth-order valence-corrected chi connectivity index (χ4v) is 6.68. The molecule has 0 unspecified atom stereocenters. The van der Waals surface area contributed by atoms with Crippen LogP contribution in [-0.2, 0) is 25.7 Å². The van der Waals surface area contributed by atoms with E-state index in [2.05, 4.69) is 117 Å². The van der Waals surface area contributed by atoms with Crippen molar-refractivity contribution in [1.82, 2.24) is 0 Å². The highest BCUT2D eigenvalue weighted by atomic mass is 127. The summed E-state index contributed by atoms with van der Waals surface area (Å²) in [5, 5.41) is 0. The zero-order valence-electron chi connectivity index (χ0n) is 27.3. The van der Waals surface area contributed by atoms with Crippen LogP contribution in [-0.4, -0.2) is 26.4 Å². The molecular formula is C40H47IO4. The maximum absolute atomic E-state index is 6.61. The molecule has 0 aromatic heterocycles. The van der Waals surface area contributed by atoms with Crippen LogP contribution in [0.15, 0.2) is 66.7 Å². The average Bonchev–Trinajstić information content (AvgIpc) is 3.04. The van der Waals surface area contributed by atoms with Crippen molar-refractivity contribution in [2.45, 2.75) is 79.1 Å². The first kappa shape index (κ1) is 33.2. The summed E-state index contributed by atoms with van der Waals surface area (Å²) in [6.45, 7) is 11.4. The third-order valence-electron chi connectivity index (χ3n) is 8.13. The van der Waals surface area contributed by atoms with Crippen LogP contribution in [0.25, 0.3) is 0 Å². The number of ether oxygens (including phenoxy) is 4. The molecule has 1 aliphatic carbocycles. The molecule has 0 aliphatic heterocycles. The van der Waals surface area contributed by atoms with Crippen LogP contribution in [0.3, 0.4) is 0 Å². The Kier molecular flexibility index (Phi) is 12.1. The first-order valence-corrected chi connectivity index (χ1v) is 17.8. The molecule has 45 heavy (non-hydrogen) atoms. The van der Waals surface area contributed by atoms with E-state index in [1.54, 1.807) is 0 Å². The van der Waals surface area contributed by atoms with Crippen molar-refractivity contribution in [3.63, 3.8) is 0 Å². The number of benzene rings is 4. The van der Waals surface area contributed by atoms with Crippen LogP contribution in [0.2, 0.25) is 0 Å². The Labute approximate surface area is 283 Å². The molecule has 8 bridgehead atoms. The monoisotopic (exact) mass is 718 g/mol. The fraction of sp³-hybridized carbons (Fsp3) is 0.400. The highest BCUT2D eigenvalue weighted by Crippen LogP contribution is 2.40. The van der Waals surface area contributed by atoms with Gasteiger partial charge in [-0.3, -0.25) is 0 Å². The fourth-order valence-electron chi connectivity index (χ4n) is 6.06. The standard InChI is InChI=1S/C40H47IO4/c1-5-20-42-37-28-12-9-13-30(37)25-31-16-11-17-33(39(31)44-22-7-3)27-35-36(41)19-18-34(40(35)45-23-8-4)26-32-15-10-14-29(24-28)38(32)43-21-6-2/h9-19H,5-8,20-27H2,1-4H3. The smallest absolute Gasteiger partial charge is 0.127 e. The van der Waals surface area contributed by atoms with E-state index in [4.69, 9.17) is 18.9 Å². The Hall–Kier alpha value is -3.19. The third kappa shape index (κ3) is 7.97. The molecule has 5 heteroatoms. The van der Waals surface area contributed by atoms with E-state index < -0.39 is 0 Å². The molecular weight excluding hydrogens is 671 g/mol. The lowest BCUT2D eigenvalue weighted by molar-refractivity contribution is 0.304. The molecule has 4 aromatic carbocycles. The lowest BCUT2D eigenvalue weighted by atomic mass is 9.91. The summed E-state index contributed by atoms with van der Waals surface area (Å²) in [5.74, 6) is 3.96. The molecule has 0 heterocycles. The lowest BCUT2D eigenvalue weighted by Gasteiger charge is -2.23. The Morgan fingerprint density at radius 1 is 0.422 bits per heavy atom. The molecule has 0 atom stereocenters. The maximum atomic E-state index is 6.61. The van der Waals surface area contributed by atoms with E-state index in [9.17, 15) is 0 Å². The SMILES string of the molecule is CCCOc1c2cccc1Cc1cccc(c1OCCC)Cc1c(I)ccc(c1OCCC)Cc1cccc(c1OCCC)C2. The molecule has 4 aromatic rings. The molecule has 0 saturated carbocycles. The first-order valence-electron chi connectivity index (χ1n) is 16.7. The molecule has 0 fully saturated rings. The zero-order valence-corrected chi connectivity index (χ0v) is 29.5. The normalized spacial score (nSPS) is 12.5. The van der Waals surface area contributed by atoms with Crippen LogP contribution < -0.4 is 18.9 Å². The minimum absolute atomic E-state index is 0.674. The molecule has 1 aliphatic rings. The van der Waals surface area contributed by atoms with Crippen LogP contribution in [0.4, 0.5) is 0 Å². The summed E-state index contributed by atoms with van der Waals surface area (Å²) >= 11 is 2.47. The van der Waals surface area contributed by atoms with Crippen LogP contribution >= 0.6 is 22.6 Å². The summed E-state index contributed by atoms with van der Waals surface area (Å²) in [7, 11) is 0. The van der Waals surface area contributed by atoms with Crippen molar-refractivity contribution >= 4 is 22.6 Å². The van der Waals surface area contributed by atoms with E-state index in [1.165, 1.54) is 48.1 Å². The number of rotatable bonds is 12. The van der Waals surface area contributed by atoms with Gasteiger partial charge in [0, 0.05) is 34.8 Å². The zero-order chi connectivity index (χ0) is 31.6. The Balaban J connectivity index is 1.76. The van der Waals surface area contributed by atoms with Gasteiger partial charge in [-0.2, -0.15) is 0 Å². The van der Waals surface area contributed by atoms with Crippen LogP contribution in [0.1, 0.15) is 97.9 Å². The second-order valence-corrected chi connectivity index (χ2v) is 13.0. The van der Waals surface area contributed by atoms with Gasteiger partial charge >= 0.3 is 0 Å². The van der Waals surface area contributed by atoms with Crippen molar-refractivity contribution < 1.29 is 18.9 Å². The van der Waals surface area contributed by atoms with Gasteiger partial charge in [0.05, 0.1) is 26.4 Å². The molecule has 0 amide bonds. The van der Waals surface area contributed by atoms with Gasteiger partial charge in [0.2, 0.25) is 0 Å². The number of hydrogen-bond donors (Lipinski definition) is 0. The summed E-state index contributed by atoms with van der Waals surface area (Å²) in [6.07, 6.45) is 6.73. The predicted molar refractivity (Wildman–Crippen MR) is 193 cm³/mol. The Bertz CT molecular complexity index is 1580. The van der Waals surface area contributed by atoms with Crippen LogP contribution in [0.5, 0.6) is 23.0 Å². The van der Waals surface area contributed by atoms with E-state index in [1.807, 2.05) is 0 Å². The van der Waals surface area contributed by atoms with E-state index in [-0.39, 0.29) is 0 Å². The highest BCUT2D eigenvalue weighted by Gasteiger charge is 2.22. The second kappa shape index (κ2) is 16.4. The summed E-state index contributed by atoms with van der Waals surface area (Å²) in [4.78, 5) is 0. The van der Waals surface area contributed by atoms with Gasteiger partial charge in [0.25, 0.3) is 0 Å². The molecule has 4 nitrogen and oxygen atoms in total. The van der Waals surface area contributed by atoms with Crippen molar-refractivity contribution in [2.75, 3.05) is 26.4 Å². The maximum Gasteiger partial charge on any atom is 0.127 e. The van der Waals surface area contributed by atoms with E-state index in [0.29, 0.717) is 26.4 Å². The minimum atomic E-state index is 0.674. The molecule has 5 rings (SSSR count). The summed E-state index contributed by atoms with van der Waals surface area (Å²) in [6, 6.07) is 24.3. The third-order valence-corrected chi connectivity index (χ3v) is 9.14. The first-order chi connectivity index (χ1) is 22.1. The second-order valence-electron chi connectivity index (χ2n) is 11.8. The van der Waals surface area contributed by atoms with Crippen molar-refractivity contribution in [3.8, 4) is 23.0 Å². The molecule has 0 N–H and O–H groups in total. The summed E-state index contributed by atoms with van der Waals surface area (Å²) in [5.41, 5.74) is 9.50. The quantitative estimate of drug-likeness (QED) is 0.120. The molecule has 238 valence electrons. The number of hydrogen-bond acceptors (Lipinski definition) is 4. The Morgan fingerprint density at radius 3 is 1.09 bits per heavy atom. The van der Waals surface area contributed by atoms with Gasteiger partial charge in [-0.1, -0.05) is 88.4 Å². The molecule has 0 spiro atoms. The van der Waals surface area contributed by atoms with Crippen molar-refractivity contribution in [2.24, 2.45) is 0 Å². The van der Waals surface area contributed by atoms with Crippen LogP contribution in [0, 0.1) is 3.57 Å². The van der Waals surface area contributed by atoms with E-state index in [0.717, 1.165) is 74.4 Å². The summed E-state index contributed by atoms with van der Waals surface area (Å²) < 4.78 is 27.5. The minimum Gasteiger partial charge on any atom is -0.493 e. The van der Waals surface area contributed by atoms with Gasteiger partial charge in [-0.05, 0) is 93.3 Å². The van der Waals surface area contributed by atoms with Crippen molar-refractivity contribution in [1.29, 1.82) is 0 Å². The topological polar surface area (TPSA) is 36.9 Å². The predicted octanol–water partition coefficient (Wildman–Crippen LogP) is 10.1. The Morgan fingerprint density at radius 2 is 0.733 bits per heavy atom. The number of para-hydroxylation sites is 3. The van der Waals surface area contributed by atoms with Gasteiger partial charge in [0.15, 0.2) is 0 Å². The highest BCUT2D eigenvalue weighted by molar-refractivity contribution is 14.1.